The summed E-state index contributed by atoms with van der Waals surface area (Å²) in [7, 11) is 0. The molecule has 0 bridgehead atoms. The number of carbonyl (C=O) groups excluding carboxylic acids is 3. The molecule has 0 aromatic heterocycles. The number of halogens is 1. The number of anilines is 1. The van der Waals surface area contributed by atoms with Gasteiger partial charge in [-0.15, -0.1) is 0 Å². The van der Waals surface area contributed by atoms with Crippen molar-refractivity contribution in [1.82, 2.24) is 10.9 Å². The lowest BCUT2D eigenvalue weighted by Crippen LogP contribution is -2.43. The van der Waals surface area contributed by atoms with Gasteiger partial charge in [-0.25, -0.2) is 0 Å². The van der Waals surface area contributed by atoms with Gasteiger partial charge in [0.1, 0.15) is 5.75 Å². The zero-order valence-corrected chi connectivity index (χ0v) is 16.4. The van der Waals surface area contributed by atoms with Crippen LogP contribution in [0.15, 0.2) is 42.5 Å². The lowest BCUT2D eigenvalue weighted by atomic mass is 10.2. The molecule has 0 radical (unpaired) electrons. The maximum absolute atomic E-state index is 12.1. The van der Waals surface area contributed by atoms with Crippen LogP contribution in [0.5, 0.6) is 5.75 Å². The third kappa shape index (κ3) is 6.59. The molecule has 8 heteroatoms. The number of benzene rings is 2. The third-order valence-electron chi connectivity index (χ3n) is 3.72. The van der Waals surface area contributed by atoms with Crippen LogP contribution in [-0.4, -0.2) is 24.3 Å². The molecule has 3 amide bonds. The maximum Gasteiger partial charge on any atom is 0.276 e. The number of hydrogen-bond donors (Lipinski definition) is 3. The van der Waals surface area contributed by atoms with Crippen LogP contribution in [0.25, 0.3) is 0 Å². The quantitative estimate of drug-likeness (QED) is 0.618. The Morgan fingerprint density at radius 1 is 1.00 bits per heavy atom. The molecule has 0 aliphatic rings. The molecular weight excluding hydrogens is 382 g/mol. The Kier molecular flexibility index (Phi) is 7.83. The largest absolute Gasteiger partial charge is 0.483 e. The molecule has 0 fully saturated rings. The van der Waals surface area contributed by atoms with Gasteiger partial charge in [0.15, 0.2) is 6.61 Å². The van der Waals surface area contributed by atoms with Gasteiger partial charge >= 0.3 is 0 Å². The predicted octanol–water partition coefficient (Wildman–Crippen LogP) is 3.23. The van der Waals surface area contributed by atoms with Gasteiger partial charge in [-0.3, -0.25) is 25.2 Å². The Morgan fingerprint density at radius 2 is 1.71 bits per heavy atom. The molecule has 2 aromatic carbocycles. The minimum Gasteiger partial charge on any atom is -0.483 e. The van der Waals surface area contributed by atoms with Crippen LogP contribution < -0.4 is 20.9 Å². The topological polar surface area (TPSA) is 96.5 Å². The average molecular weight is 404 g/mol. The van der Waals surface area contributed by atoms with Crippen LogP contribution in [-0.2, 0) is 9.59 Å². The highest BCUT2D eigenvalue weighted by Gasteiger charge is 2.09. The van der Waals surface area contributed by atoms with Crippen LogP contribution in [0, 0.1) is 6.92 Å². The Morgan fingerprint density at radius 3 is 2.36 bits per heavy atom. The number of hydrazine groups is 1. The summed E-state index contributed by atoms with van der Waals surface area (Å²) in [5, 5.41) is 3.32. The number of nitrogens with one attached hydrogen (secondary N) is 3. The first kappa shape index (κ1) is 21.2. The summed E-state index contributed by atoms with van der Waals surface area (Å²) < 4.78 is 5.40. The van der Waals surface area contributed by atoms with E-state index in [1.807, 2.05) is 13.8 Å². The van der Waals surface area contributed by atoms with Crippen molar-refractivity contribution in [2.45, 2.75) is 26.7 Å². The number of rotatable bonds is 7. The van der Waals surface area contributed by atoms with E-state index in [-0.39, 0.29) is 12.5 Å². The monoisotopic (exact) mass is 403 g/mol. The summed E-state index contributed by atoms with van der Waals surface area (Å²) in [6.45, 7) is 3.48. The minimum absolute atomic E-state index is 0.0807. The van der Waals surface area contributed by atoms with E-state index >= 15 is 0 Å². The van der Waals surface area contributed by atoms with Crippen molar-refractivity contribution in [3.8, 4) is 5.75 Å². The molecule has 0 aliphatic heterocycles. The molecule has 7 nitrogen and oxygen atoms in total. The van der Waals surface area contributed by atoms with Crippen molar-refractivity contribution in [3.63, 3.8) is 0 Å². The summed E-state index contributed by atoms with van der Waals surface area (Å²) in [4.78, 5) is 35.5. The first-order chi connectivity index (χ1) is 13.4. The van der Waals surface area contributed by atoms with Crippen LogP contribution in [0.3, 0.4) is 0 Å². The normalized spacial score (nSPS) is 10.1. The molecule has 28 heavy (non-hydrogen) atoms. The van der Waals surface area contributed by atoms with Gasteiger partial charge in [0.2, 0.25) is 5.91 Å². The minimum atomic E-state index is -0.508. The molecule has 0 saturated heterocycles. The number of carbonyl (C=O) groups is 3. The van der Waals surface area contributed by atoms with Gasteiger partial charge in [-0.05, 0) is 61.4 Å². The Hall–Kier alpha value is -3.06. The Labute approximate surface area is 168 Å². The first-order valence-electron chi connectivity index (χ1n) is 8.77. The van der Waals surface area contributed by atoms with Crippen molar-refractivity contribution in [3.05, 3.63) is 58.6 Å². The van der Waals surface area contributed by atoms with E-state index in [2.05, 4.69) is 16.2 Å². The molecule has 2 aromatic rings. The smallest absolute Gasteiger partial charge is 0.276 e. The van der Waals surface area contributed by atoms with Gasteiger partial charge < -0.3 is 10.1 Å². The summed E-state index contributed by atoms with van der Waals surface area (Å²) in [5.41, 5.74) is 6.34. The molecule has 0 aliphatic carbocycles. The summed E-state index contributed by atoms with van der Waals surface area (Å²) in [6, 6.07) is 11.4. The second-order valence-corrected chi connectivity index (χ2v) is 6.51. The zero-order valence-electron chi connectivity index (χ0n) is 15.7. The standard InChI is InChI=1S/C20H22ClN3O4/c1-3-4-18(25)22-16-8-5-14(6-9-16)20(27)24-23-19(26)12-28-17-10-7-15(21)11-13(17)2/h5-11H,3-4,12H2,1-2H3,(H,22,25)(H,23,26)(H,24,27). The molecular formula is C20H22ClN3O4. The van der Waals surface area contributed by atoms with E-state index in [0.29, 0.717) is 28.4 Å². The predicted molar refractivity (Wildman–Crippen MR) is 107 cm³/mol. The first-order valence-corrected chi connectivity index (χ1v) is 9.15. The molecule has 0 spiro atoms. The molecule has 0 unspecified atom stereocenters. The summed E-state index contributed by atoms with van der Waals surface area (Å²) >= 11 is 5.87. The van der Waals surface area contributed by atoms with E-state index in [0.717, 1.165) is 12.0 Å². The second-order valence-electron chi connectivity index (χ2n) is 6.08. The van der Waals surface area contributed by atoms with Crippen molar-refractivity contribution < 1.29 is 19.1 Å². The van der Waals surface area contributed by atoms with Crippen molar-refractivity contribution in [2.24, 2.45) is 0 Å². The Bertz CT molecular complexity index is 853. The Balaban J connectivity index is 1.79. The highest BCUT2D eigenvalue weighted by Crippen LogP contribution is 2.21. The third-order valence-corrected chi connectivity index (χ3v) is 3.95. The van der Waals surface area contributed by atoms with Gasteiger partial charge in [0.25, 0.3) is 11.8 Å². The lowest BCUT2D eigenvalue weighted by Gasteiger charge is -2.11. The van der Waals surface area contributed by atoms with Gasteiger partial charge in [-0.1, -0.05) is 18.5 Å². The highest BCUT2D eigenvalue weighted by atomic mass is 35.5. The highest BCUT2D eigenvalue weighted by molar-refractivity contribution is 6.30. The molecule has 2 rings (SSSR count). The molecule has 148 valence electrons. The van der Waals surface area contributed by atoms with Crippen LogP contribution in [0.1, 0.15) is 35.7 Å². The average Bonchev–Trinajstić information content (AvgIpc) is 2.66. The van der Waals surface area contributed by atoms with E-state index in [1.165, 1.54) is 0 Å². The fraction of sp³-hybridized carbons (Fsp3) is 0.250. The van der Waals surface area contributed by atoms with Crippen molar-refractivity contribution in [2.75, 3.05) is 11.9 Å². The van der Waals surface area contributed by atoms with E-state index in [1.54, 1.807) is 42.5 Å². The van der Waals surface area contributed by atoms with Crippen LogP contribution in [0.4, 0.5) is 5.69 Å². The fourth-order valence-corrected chi connectivity index (χ4v) is 2.53. The number of aryl methyl sites for hydroxylation is 1. The van der Waals surface area contributed by atoms with E-state index < -0.39 is 11.8 Å². The number of hydrogen-bond acceptors (Lipinski definition) is 4. The van der Waals surface area contributed by atoms with Crippen LogP contribution >= 0.6 is 11.6 Å². The maximum atomic E-state index is 12.1. The zero-order chi connectivity index (χ0) is 20.5. The van der Waals surface area contributed by atoms with E-state index in [9.17, 15) is 14.4 Å². The number of ether oxygens (including phenoxy) is 1. The van der Waals surface area contributed by atoms with E-state index in [4.69, 9.17) is 16.3 Å². The SMILES string of the molecule is CCCC(=O)Nc1ccc(C(=O)NNC(=O)COc2ccc(Cl)cc2C)cc1. The second kappa shape index (κ2) is 10.3. The van der Waals surface area contributed by atoms with Gasteiger partial charge in [0, 0.05) is 22.7 Å². The van der Waals surface area contributed by atoms with Crippen LogP contribution in [0.2, 0.25) is 5.02 Å². The van der Waals surface area contributed by atoms with Gasteiger partial charge in [-0.2, -0.15) is 0 Å². The molecule has 3 N–H and O–H groups in total. The number of amides is 3. The fourth-order valence-electron chi connectivity index (χ4n) is 2.31. The molecule has 0 saturated carbocycles. The van der Waals surface area contributed by atoms with Gasteiger partial charge in [0.05, 0.1) is 0 Å². The molecule has 0 heterocycles. The lowest BCUT2D eigenvalue weighted by molar-refractivity contribution is -0.123. The summed E-state index contributed by atoms with van der Waals surface area (Å²) in [5.74, 6) is -0.539. The van der Waals surface area contributed by atoms with Crippen molar-refractivity contribution in [1.29, 1.82) is 0 Å². The molecule has 0 atom stereocenters. The van der Waals surface area contributed by atoms with Crippen molar-refractivity contribution >= 4 is 35.0 Å². The summed E-state index contributed by atoms with van der Waals surface area (Å²) in [6.07, 6.45) is 1.19.